The van der Waals surface area contributed by atoms with Gasteiger partial charge in [-0.2, -0.15) is 0 Å². The third kappa shape index (κ3) is 6.26. The number of hydrogen-bond donors (Lipinski definition) is 2. The minimum absolute atomic E-state index is 0.0103. The smallest absolute Gasteiger partial charge is 0.340 e. The molecule has 2 aliphatic rings. The summed E-state index contributed by atoms with van der Waals surface area (Å²) >= 11 is 0. The second kappa shape index (κ2) is 12.5. The predicted molar refractivity (Wildman–Crippen MR) is 127 cm³/mol. The minimum atomic E-state index is -1.79. The molecule has 0 aromatic heterocycles. The maximum absolute atomic E-state index is 12.4. The first-order valence-corrected chi connectivity index (χ1v) is 12.6. The summed E-state index contributed by atoms with van der Waals surface area (Å²) in [5.41, 5.74) is -0.488. The first-order valence-electron chi connectivity index (χ1n) is 12.6. The molecule has 2 heterocycles. The number of benzene rings is 1. The summed E-state index contributed by atoms with van der Waals surface area (Å²) in [6.07, 6.45) is 9.23. The summed E-state index contributed by atoms with van der Waals surface area (Å²) in [5, 5.41) is 21.0. The second-order valence-electron chi connectivity index (χ2n) is 9.31. The normalized spacial score (nSPS) is 28.3. The van der Waals surface area contributed by atoms with Crippen LogP contribution >= 0.6 is 0 Å². The van der Waals surface area contributed by atoms with Gasteiger partial charge in [0.25, 0.3) is 0 Å². The third-order valence-electron chi connectivity index (χ3n) is 6.79. The number of aryl methyl sites for hydroxylation is 1. The van der Waals surface area contributed by atoms with E-state index in [1.807, 2.05) is 18.2 Å². The zero-order valence-electron chi connectivity index (χ0n) is 20.1. The topological polar surface area (TPSA) is 102 Å². The molecule has 2 N–H and O–H groups in total. The fourth-order valence-corrected chi connectivity index (χ4v) is 4.85. The van der Waals surface area contributed by atoms with Crippen LogP contribution in [-0.4, -0.2) is 52.4 Å². The van der Waals surface area contributed by atoms with Crippen LogP contribution < -0.4 is 0 Å². The molecule has 1 unspecified atom stereocenters. The molecule has 0 saturated carbocycles. The van der Waals surface area contributed by atoms with E-state index < -0.39 is 35.5 Å². The largest absolute Gasteiger partial charge is 0.479 e. The van der Waals surface area contributed by atoms with E-state index >= 15 is 0 Å². The van der Waals surface area contributed by atoms with E-state index in [1.165, 1.54) is 11.6 Å². The number of aliphatic hydroxyl groups excluding tert-OH is 1. The van der Waals surface area contributed by atoms with E-state index in [-0.39, 0.29) is 13.0 Å². The van der Waals surface area contributed by atoms with Gasteiger partial charge in [-0.1, -0.05) is 69.0 Å². The Labute approximate surface area is 202 Å². The number of allylic oxidation sites excluding steroid dienone is 1. The standard InChI is InChI=1S/C27H38O7/c1-2-3-4-5-12-17-22(28)33-24-23(29)27(32-20-19-26(24,34-27)25(30)31)18-13-7-6-9-14-21-15-10-8-11-16-21/h8,10-12,15-17,23-24,29H,2-7,9,13-14,18-20H2,1H3,(H,30,31)/b17-12+/t23-,24-,26+,27?/m1/s1. The van der Waals surface area contributed by atoms with Gasteiger partial charge >= 0.3 is 11.9 Å². The lowest BCUT2D eigenvalue weighted by molar-refractivity contribution is -0.309. The number of carboxylic acids is 1. The lowest BCUT2D eigenvalue weighted by Gasteiger charge is -2.38. The number of ether oxygens (including phenoxy) is 3. The number of aliphatic hydroxyl groups is 1. The molecule has 7 heteroatoms. The van der Waals surface area contributed by atoms with Crippen molar-refractivity contribution in [1.29, 1.82) is 0 Å². The van der Waals surface area contributed by atoms with Crippen molar-refractivity contribution in [3.63, 3.8) is 0 Å². The molecule has 4 atom stereocenters. The molecule has 0 amide bonds. The number of carbonyl (C=O) groups excluding carboxylic acids is 1. The molecule has 3 rings (SSSR count). The van der Waals surface area contributed by atoms with Gasteiger partial charge in [-0.25, -0.2) is 9.59 Å². The highest BCUT2D eigenvalue weighted by Crippen LogP contribution is 2.49. The molecule has 7 nitrogen and oxygen atoms in total. The lowest BCUT2D eigenvalue weighted by atomic mass is 9.91. The van der Waals surface area contributed by atoms with Gasteiger partial charge in [0, 0.05) is 18.9 Å². The van der Waals surface area contributed by atoms with Crippen LogP contribution in [0, 0.1) is 0 Å². The molecular formula is C27H38O7. The molecule has 1 aromatic rings. The minimum Gasteiger partial charge on any atom is -0.479 e. The van der Waals surface area contributed by atoms with Gasteiger partial charge in [0.15, 0.2) is 11.9 Å². The highest BCUT2D eigenvalue weighted by molar-refractivity contribution is 5.84. The van der Waals surface area contributed by atoms with Crippen LogP contribution in [0.1, 0.15) is 76.7 Å². The number of hydrogen-bond acceptors (Lipinski definition) is 6. The maximum atomic E-state index is 12.4. The van der Waals surface area contributed by atoms with Crippen molar-refractivity contribution < 1.29 is 34.0 Å². The van der Waals surface area contributed by atoms with Crippen LogP contribution in [0.4, 0.5) is 0 Å². The van der Waals surface area contributed by atoms with Crippen LogP contribution in [0.2, 0.25) is 0 Å². The predicted octanol–water partition coefficient (Wildman–Crippen LogP) is 4.56. The molecule has 2 aliphatic heterocycles. The Morgan fingerprint density at radius 2 is 1.88 bits per heavy atom. The van der Waals surface area contributed by atoms with Gasteiger partial charge in [-0.15, -0.1) is 0 Å². The molecule has 2 fully saturated rings. The number of carboxylic acid groups (broad SMARTS) is 1. The molecule has 2 bridgehead atoms. The number of fused-ring (bicyclic) bond motifs is 2. The van der Waals surface area contributed by atoms with Crippen LogP contribution in [-0.2, 0) is 30.2 Å². The van der Waals surface area contributed by atoms with Crippen molar-refractivity contribution in [1.82, 2.24) is 0 Å². The molecule has 1 aromatic carbocycles. The van der Waals surface area contributed by atoms with Crippen LogP contribution in [0.5, 0.6) is 0 Å². The fraction of sp³-hybridized carbons (Fsp3) is 0.630. The Balaban J connectivity index is 1.55. The SMILES string of the molecule is CCCCC/C=C/C(=O)O[C@@H]1[C@@H](O)C2(CCCCCCc3ccccc3)OCC[C@]1(C(=O)O)O2. The summed E-state index contributed by atoms with van der Waals surface area (Å²) < 4.78 is 17.2. The van der Waals surface area contributed by atoms with E-state index in [4.69, 9.17) is 14.2 Å². The first-order chi connectivity index (χ1) is 16.4. The molecule has 188 valence electrons. The molecule has 0 spiro atoms. The Kier molecular flexibility index (Phi) is 9.68. The Morgan fingerprint density at radius 1 is 1.12 bits per heavy atom. The number of esters is 1. The number of rotatable bonds is 14. The van der Waals surface area contributed by atoms with Gasteiger partial charge in [-0.05, 0) is 37.7 Å². The van der Waals surface area contributed by atoms with Crippen LogP contribution in [0.3, 0.4) is 0 Å². The monoisotopic (exact) mass is 474 g/mol. The summed E-state index contributed by atoms with van der Waals surface area (Å²) in [5.74, 6) is -3.39. The van der Waals surface area contributed by atoms with E-state index in [2.05, 4.69) is 19.1 Å². The van der Waals surface area contributed by atoms with Crippen molar-refractivity contribution in [2.45, 2.75) is 101 Å². The zero-order valence-corrected chi connectivity index (χ0v) is 20.1. The molecule has 0 aliphatic carbocycles. The van der Waals surface area contributed by atoms with Crippen LogP contribution in [0.15, 0.2) is 42.5 Å². The summed E-state index contributed by atoms with van der Waals surface area (Å²) in [6.45, 7) is 2.23. The Bertz CT molecular complexity index is 824. The average molecular weight is 475 g/mol. The van der Waals surface area contributed by atoms with E-state index in [1.54, 1.807) is 6.08 Å². The quantitative estimate of drug-likeness (QED) is 0.231. The van der Waals surface area contributed by atoms with Crippen molar-refractivity contribution >= 4 is 11.9 Å². The van der Waals surface area contributed by atoms with Crippen molar-refractivity contribution in [3.05, 3.63) is 48.0 Å². The van der Waals surface area contributed by atoms with E-state index in [0.29, 0.717) is 12.8 Å². The fourth-order valence-electron chi connectivity index (χ4n) is 4.85. The first kappa shape index (κ1) is 26.4. The highest BCUT2D eigenvalue weighted by atomic mass is 16.8. The zero-order chi connectivity index (χ0) is 24.4. The summed E-state index contributed by atoms with van der Waals surface area (Å²) in [6, 6.07) is 10.3. The van der Waals surface area contributed by atoms with Crippen molar-refractivity contribution in [2.24, 2.45) is 0 Å². The van der Waals surface area contributed by atoms with Gasteiger partial charge in [0.1, 0.15) is 6.10 Å². The lowest BCUT2D eigenvalue weighted by Crippen LogP contribution is -2.53. The summed E-state index contributed by atoms with van der Waals surface area (Å²) in [7, 11) is 0. The Morgan fingerprint density at radius 3 is 2.62 bits per heavy atom. The van der Waals surface area contributed by atoms with Crippen molar-refractivity contribution in [3.8, 4) is 0 Å². The number of unbranched alkanes of at least 4 members (excludes halogenated alkanes) is 6. The van der Waals surface area contributed by atoms with Crippen molar-refractivity contribution in [2.75, 3.05) is 6.61 Å². The Hall–Kier alpha value is -2.22. The summed E-state index contributed by atoms with van der Waals surface area (Å²) in [4.78, 5) is 24.6. The average Bonchev–Trinajstić information content (AvgIpc) is 3.00. The molecule has 34 heavy (non-hydrogen) atoms. The maximum Gasteiger partial charge on any atom is 0.340 e. The van der Waals surface area contributed by atoms with Gasteiger partial charge in [-0.3, -0.25) is 0 Å². The molecule has 2 saturated heterocycles. The van der Waals surface area contributed by atoms with Gasteiger partial charge in [0.05, 0.1) is 6.61 Å². The van der Waals surface area contributed by atoms with E-state index in [9.17, 15) is 19.8 Å². The van der Waals surface area contributed by atoms with Crippen LogP contribution in [0.25, 0.3) is 0 Å². The van der Waals surface area contributed by atoms with E-state index in [0.717, 1.165) is 51.4 Å². The van der Waals surface area contributed by atoms with Gasteiger partial charge in [0.2, 0.25) is 5.60 Å². The highest BCUT2D eigenvalue weighted by Gasteiger charge is 2.70. The molecular weight excluding hydrogens is 436 g/mol. The third-order valence-corrected chi connectivity index (χ3v) is 6.79. The number of aliphatic carboxylic acids is 1. The van der Waals surface area contributed by atoms with Gasteiger partial charge < -0.3 is 24.4 Å². The molecule has 0 radical (unpaired) electrons. The number of carbonyl (C=O) groups is 2. The second-order valence-corrected chi connectivity index (χ2v) is 9.31.